The molecule has 3 aromatic rings. The fraction of sp³-hybridized carbons (Fsp3) is 0.211. The van der Waals surface area contributed by atoms with Crippen molar-refractivity contribution in [3.63, 3.8) is 0 Å². The van der Waals surface area contributed by atoms with Gasteiger partial charge in [-0.3, -0.25) is 19.4 Å². The lowest BCUT2D eigenvalue weighted by molar-refractivity contribution is -0.134. The molecule has 1 amide bonds. The Balaban J connectivity index is 1.62. The van der Waals surface area contributed by atoms with Crippen molar-refractivity contribution in [3.8, 4) is 0 Å². The summed E-state index contributed by atoms with van der Waals surface area (Å²) in [5.41, 5.74) is 6.71. The normalized spacial score (nSPS) is 11.5. The number of H-pyrrole nitrogens is 1. The van der Waals surface area contributed by atoms with Crippen molar-refractivity contribution in [2.45, 2.75) is 25.4 Å². The van der Waals surface area contributed by atoms with Gasteiger partial charge in [-0.05, 0) is 30.7 Å². The van der Waals surface area contributed by atoms with Crippen molar-refractivity contribution in [3.05, 3.63) is 52.1 Å². The van der Waals surface area contributed by atoms with Gasteiger partial charge in [-0.2, -0.15) is 4.98 Å². The average Bonchev–Trinajstić information content (AvgIpc) is 2.84. The molecule has 0 bridgehead atoms. The highest BCUT2D eigenvalue weighted by molar-refractivity contribution is 14.1. The van der Waals surface area contributed by atoms with Crippen LogP contribution in [0.2, 0.25) is 0 Å². The average molecular weight is 693 g/mol. The SMILES string of the molecule is Nc1nc2ncc(CNc3ccc(C(=O)N[C@@H](CCC(=O)OI)C(=O)OI)cc3)nc2c(=O)[nH]1. The molecule has 0 radical (unpaired) electrons. The molecular formula is C19H17I2N7O6. The predicted octanol–water partition coefficient (Wildman–Crippen LogP) is 1.57. The van der Waals surface area contributed by atoms with E-state index in [1.165, 1.54) is 52.2 Å². The van der Waals surface area contributed by atoms with Gasteiger partial charge in [0.1, 0.15) is 6.04 Å². The first-order valence-corrected chi connectivity index (χ1v) is 11.4. The molecule has 0 aliphatic carbocycles. The van der Waals surface area contributed by atoms with Crippen molar-refractivity contribution in [1.82, 2.24) is 25.3 Å². The number of rotatable bonds is 9. The van der Waals surface area contributed by atoms with Gasteiger partial charge in [0.05, 0.1) is 18.4 Å². The molecule has 1 aromatic carbocycles. The van der Waals surface area contributed by atoms with Crippen LogP contribution < -0.4 is 21.9 Å². The van der Waals surface area contributed by atoms with E-state index in [-0.39, 0.29) is 36.5 Å². The molecule has 0 spiro atoms. The predicted molar refractivity (Wildman–Crippen MR) is 137 cm³/mol. The zero-order chi connectivity index (χ0) is 24.7. The van der Waals surface area contributed by atoms with Gasteiger partial charge in [-0.1, -0.05) is 0 Å². The molecule has 178 valence electrons. The Bertz CT molecular complexity index is 1270. The number of carbonyl (C=O) groups is 3. The number of nitrogens with one attached hydrogen (secondary N) is 3. The molecule has 0 saturated carbocycles. The molecule has 15 heteroatoms. The van der Waals surface area contributed by atoms with Crippen LogP contribution in [0.1, 0.15) is 28.9 Å². The van der Waals surface area contributed by atoms with E-state index in [4.69, 9.17) is 5.73 Å². The Morgan fingerprint density at radius 1 is 1.12 bits per heavy atom. The molecular weight excluding hydrogens is 676 g/mol. The third-order valence-corrected chi connectivity index (χ3v) is 5.42. The number of nitrogens with zero attached hydrogens (tertiary/aromatic N) is 3. The maximum Gasteiger partial charge on any atom is 0.338 e. The number of nitrogen functional groups attached to an aromatic ring is 1. The minimum atomic E-state index is -1.00. The quantitative estimate of drug-likeness (QED) is 0.238. The first kappa shape index (κ1) is 25.5. The van der Waals surface area contributed by atoms with Crippen molar-refractivity contribution in [1.29, 1.82) is 0 Å². The maximum atomic E-state index is 12.5. The maximum absolute atomic E-state index is 12.5. The van der Waals surface area contributed by atoms with Gasteiger partial charge in [0, 0.05) is 17.7 Å². The van der Waals surface area contributed by atoms with Crippen LogP contribution in [0.5, 0.6) is 0 Å². The van der Waals surface area contributed by atoms with Crippen LogP contribution >= 0.6 is 46.0 Å². The first-order chi connectivity index (χ1) is 16.3. The number of benzene rings is 1. The van der Waals surface area contributed by atoms with E-state index in [0.717, 1.165) is 0 Å². The molecule has 1 atom stereocenters. The number of aromatic nitrogens is 4. The molecule has 13 nitrogen and oxygen atoms in total. The molecule has 2 aromatic heterocycles. The van der Waals surface area contributed by atoms with Gasteiger partial charge in [0.25, 0.3) is 11.5 Å². The van der Waals surface area contributed by atoms with Crippen LogP contribution in [0.3, 0.4) is 0 Å². The fourth-order valence-corrected chi connectivity index (χ4v) is 3.36. The summed E-state index contributed by atoms with van der Waals surface area (Å²) in [5, 5.41) is 5.66. The van der Waals surface area contributed by atoms with E-state index >= 15 is 0 Å². The van der Waals surface area contributed by atoms with E-state index < -0.39 is 29.4 Å². The summed E-state index contributed by atoms with van der Waals surface area (Å²) >= 11 is 2.87. The number of fused-ring (bicyclic) bond motifs is 1. The van der Waals surface area contributed by atoms with Crippen molar-refractivity contribution in [2.24, 2.45) is 0 Å². The first-order valence-electron chi connectivity index (χ1n) is 9.60. The Labute approximate surface area is 220 Å². The van der Waals surface area contributed by atoms with Crippen molar-refractivity contribution >= 4 is 86.7 Å². The molecule has 0 fully saturated rings. The van der Waals surface area contributed by atoms with Crippen molar-refractivity contribution in [2.75, 3.05) is 11.1 Å². The van der Waals surface area contributed by atoms with E-state index in [1.54, 1.807) is 24.3 Å². The monoisotopic (exact) mass is 693 g/mol. The summed E-state index contributed by atoms with van der Waals surface area (Å²) in [4.78, 5) is 62.4. The smallest absolute Gasteiger partial charge is 0.338 e. The third kappa shape index (κ3) is 6.72. The second kappa shape index (κ2) is 11.9. The standard InChI is InChI=1S/C19H17I2N7O6/c20-33-13(29)6-5-12(18(32)34-21)26-16(30)9-1-3-10(4-2-9)23-7-11-8-24-15-14(25-11)17(31)28-19(22)27-15/h1-4,8,12,23H,5-7H2,(H,26,30)(H3,22,24,27,28,31)/t12-/m0/s1. The fourth-order valence-electron chi connectivity index (χ4n) is 2.83. The largest absolute Gasteiger partial charge is 0.394 e. The van der Waals surface area contributed by atoms with Crippen LogP contribution in [0.4, 0.5) is 11.6 Å². The van der Waals surface area contributed by atoms with Gasteiger partial charge in [-0.25, -0.2) is 14.8 Å². The third-order valence-electron chi connectivity index (χ3n) is 4.50. The van der Waals surface area contributed by atoms with Gasteiger partial charge >= 0.3 is 11.9 Å². The number of nitrogens with two attached hydrogens (primary N) is 1. The summed E-state index contributed by atoms with van der Waals surface area (Å²) in [5.74, 6) is -1.74. The highest BCUT2D eigenvalue weighted by atomic mass is 127. The molecule has 2 heterocycles. The number of hydrogen-bond acceptors (Lipinski definition) is 11. The molecule has 0 saturated heterocycles. The van der Waals surface area contributed by atoms with E-state index in [1.807, 2.05) is 0 Å². The summed E-state index contributed by atoms with van der Waals surface area (Å²) < 4.78 is 9.19. The second-order valence-electron chi connectivity index (χ2n) is 6.83. The number of carbonyl (C=O) groups excluding carboxylic acids is 3. The zero-order valence-corrected chi connectivity index (χ0v) is 21.5. The van der Waals surface area contributed by atoms with Crippen LogP contribution in [-0.4, -0.2) is 43.8 Å². The molecule has 0 unspecified atom stereocenters. The Kier molecular flexibility index (Phi) is 8.91. The Hall–Kier alpha value is -3.09. The van der Waals surface area contributed by atoms with E-state index in [0.29, 0.717) is 16.9 Å². The van der Waals surface area contributed by atoms with Gasteiger partial charge < -0.3 is 22.5 Å². The zero-order valence-electron chi connectivity index (χ0n) is 17.2. The minimum absolute atomic E-state index is 0.0345. The number of amides is 1. The second-order valence-corrected chi connectivity index (χ2v) is 7.71. The highest BCUT2D eigenvalue weighted by Crippen LogP contribution is 2.13. The van der Waals surface area contributed by atoms with Crippen LogP contribution in [0.15, 0.2) is 35.3 Å². The topological polar surface area (TPSA) is 191 Å². The number of anilines is 2. The van der Waals surface area contributed by atoms with Crippen LogP contribution in [-0.2, 0) is 22.3 Å². The Morgan fingerprint density at radius 3 is 2.53 bits per heavy atom. The van der Waals surface area contributed by atoms with Gasteiger partial charge in [0.15, 0.2) is 57.2 Å². The van der Waals surface area contributed by atoms with Crippen LogP contribution in [0, 0.1) is 0 Å². The summed E-state index contributed by atoms with van der Waals surface area (Å²) in [6.07, 6.45) is 1.45. The minimum Gasteiger partial charge on any atom is -0.394 e. The lowest BCUT2D eigenvalue weighted by Gasteiger charge is -2.15. The number of halogens is 2. The number of hydrogen-bond donors (Lipinski definition) is 4. The molecule has 5 N–H and O–H groups in total. The molecule has 3 rings (SSSR count). The molecule has 0 aliphatic rings. The molecule has 0 aliphatic heterocycles. The van der Waals surface area contributed by atoms with Crippen molar-refractivity contribution < 1.29 is 20.5 Å². The lowest BCUT2D eigenvalue weighted by Crippen LogP contribution is -2.41. The number of aromatic amines is 1. The van der Waals surface area contributed by atoms with Gasteiger partial charge in [0.2, 0.25) is 5.95 Å². The van der Waals surface area contributed by atoms with E-state index in [9.17, 15) is 19.2 Å². The van der Waals surface area contributed by atoms with Crippen LogP contribution in [0.25, 0.3) is 11.2 Å². The Morgan fingerprint density at radius 2 is 1.85 bits per heavy atom. The summed E-state index contributed by atoms with van der Waals surface area (Å²) in [7, 11) is 0. The van der Waals surface area contributed by atoms with Gasteiger partial charge in [-0.15, -0.1) is 0 Å². The van der Waals surface area contributed by atoms with E-state index in [2.05, 4.69) is 36.7 Å². The summed E-state index contributed by atoms with van der Waals surface area (Å²) in [6, 6.07) is 5.45. The summed E-state index contributed by atoms with van der Waals surface area (Å²) in [6.45, 7) is 0.259. The molecule has 34 heavy (non-hydrogen) atoms. The highest BCUT2D eigenvalue weighted by Gasteiger charge is 2.24. The lowest BCUT2D eigenvalue weighted by atomic mass is 10.1.